The van der Waals surface area contributed by atoms with Crippen LogP contribution in [0.1, 0.15) is 19.8 Å². The van der Waals surface area contributed by atoms with Gasteiger partial charge in [0.1, 0.15) is 0 Å². The summed E-state index contributed by atoms with van der Waals surface area (Å²) < 4.78 is 6.77. The van der Waals surface area contributed by atoms with Crippen LogP contribution >= 0.6 is 0 Å². The van der Waals surface area contributed by atoms with Gasteiger partial charge >= 0.3 is 6.09 Å². The zero-order valence-electron chi connectivity index (χ0n) is 10.9. The van der Waals surface area contributed by atoms with E-state index in [1.807, 2.05) is 26.4 Å². The predicted molar refractivity (Wildman–Crippen MR) is 68.4 cm³/mol. The number of carbonyl (C=O) groups excluding carboxylic acids is 1. The van der Waals surface area contributed by atoms with Gasteiger partial charge in [0.05, 0.1) is 18.5 Å². The summed E-state index contributed by atoms with van der Waals surface area (Å²) in [7, 11) is 1.90. The number of piperidine rings is 1. The molecule has 1 fully saturated rings. The SMILES string of the molecule is CCOC(=O)N1CCC(Nc2cnn(C)c2)CC1. The molecule has 1 aliphatic rings. The maximum atomic E-state index is 11.5. The van der Waals surface area contributed by atoms with Crippen molar-refractivity contribution in [3.05, 3.63) is 12.4 Å². The van der Waals surface area contributed by atoms with Crippen LogP contribution in [0.5, 0.6) is 0 Å². The summed E-state index contributed by atoms with van der Waals surface area (Å²) in [5.41, 5.74) is 1.03. The average Bonchev–Trinajstić information content (AvgIpc) is 2.76. The summed E-state index contributed by atoms with van der Waals surface area (Å²) >= 11 is 0. The molecular formula is C12H20N4O2. The molecule has 0 unspecified atom stereocenters. The normalized spacial score (nSPS) is 16.7. The van der Waals surface area contributed by atoms with E-state index in [0.717, 1.165) is 31.6 Å². The van der Waals surface area contributed by atoms with Crippen LogP contribution < -0.4 is 5.32 Å². The summed E-state index contributed by atoms with van der Waals surface area (Å²) in [6.07, 6.45) is 5.45. The van der Waals surface area contributed by atoms with Crippen LogP contribution in [-0.2, 0) is 11.8 Å². The molecule has 1 N–H and O–H groups in total. The zero-order chi connectivity index (χ0) is 13.0. The van der Waals surface area contributed by atoms with E-state index in [1.165, 1.54) is 0 Å². The van der Waals surface area contributed by atoms with Gasteiger partial charge in [-0.2, -0.15) is 5.10 Å². The molecule has 1 saturated heterocycles. The summed E-state index contributed by atoms with van der Waals surface area (Å²) in [6, 6.07) is 0.403. The number of nitrogens with one attached hydrogen (secondary N) is 1. The molecule has 1 aromatic rings. The van der Waals surface area contributed by atoms with Crippen molar-refractivity contribution in [1.82, 2.24) is 14.7 Å². The van der Waals surface area contributed by atoms with Gasteiger partial charge in [0.15, 0.2) is 0 Å². The highest BCUT2D eigenvalue weighted by molar-refractivity contribution is 5.67. The van der Waals surface area contributed by atoms with Crippen LogP contribution in [0.3, 0.4) is 0 Å². The lowest BCUT2D eigenvalue weighted by molar-refractivity contribution is 0.0983. The summed E-state index contributed by atoms with van der Waals surface area (Å²) in [5, 5.41) is 7.55. The van der Waals surface area contributed by atoms with Gasteiger partial charge in [-0.3, -0.25) is 4.68 Å². The van der Waals surface area contributed by atoms with Gasteiger partial charge in [0.25, 0.3) is 0 Å². The third kappa shape index (κ3) is 3.15. The van der Waals surface area contributed by atoms with Crippen molar-refractivity contribution in [1.29, 1.82) is 0 Å². The Bertz CT molecular complexity index is 397. The van der Waals surface area contributed by atoms with Gasteiger partial charge in [0, 0.05) is 32.4 Å². The number of hydrogen-bond donors (Lipinski definition) is 1. The Labute approximate surface area is 107 Å². The summed E-state index contributed by atoms with van der Waals surface area (Å²) in [5.74, 6) is 0. The third-order valence-electron chi connectivity index (χ3n) is 3.10. The van der Waals surface area contributed by atoms with Crippen LogP contribution in [0, 0.1) is 0 Å². The quantitative estimate of drug-likeness (QED) is 0.884. The Morgan fingerprint density at radius 3 is 2.83 bits per heavy atom. The number of likely N-dealkylation sites (tertiary alicyclic amines) is 1. The van der Waals surface area contributed by atoms with Crippen LogP contribution in [0.25, 0.3) is 0 Å². The van der Waals surface area contributed by atoms with Crippen molar-refractivity contribution in [2.45, 2.75) is 25.8 Å². The lowest BCUT2D eigenvalue weighted by Gasteiger charge is -2.31. The molecule has 0 spiro atoms. The van der Waals surface area contributed by atoms with Crippen LogP contribution in [0.2, 0.25) is 0 Å². The first kappa shape index (κ1) is 12.7. The average molecular weight is 252 g/mol. The number of rotatable bonds is 3. The molecular weight excluding hydrogens is 232 g/mol. The molecule has 6 heteroatoms. The van der Waals surface area contributed by atoms with Crippen molar-refractivity contribution in [3.8, 4) is 0 Å². The topological polar surface area (TPSA) is 59.4 Å². The smallest absolute Gasteiger partial charge is 0.409 e. The highest BCUT2D eigenvalue weighted by Crippen LogP contribution is 2.16. The van der Waals surface area contributed by atoms with Crippen LogP contribution in [-0.4, -0.2) is 46.5 Å². The molecule has 18 heavy (non-hydrogen) atoms. The number of ether oxygens (including phenoxy) is 1. The van der Waals surface area contributed by atoms with Gasteiger partial charge in [-0.1, -0.05) is 0 Å². The molecule has 100 valence electrons. The minimum atomic E-state index is -0.197. The Morgan fingerprint density at radius 2 is 2.28 bits per heavy atom. The second kappa shape index (κ2) is 5.75. The summed E-state index contributed by atoms with van der Waals surface area (Å²) in [4.78, 5) is 13.3. The molecule has 0 atom stereocenters. The number of hydrogen-bond acceptors (Lipinski definition) is 4. The maximum Gasteiger partial charge on any atom is 0.409 e. The molecule has 1 aliphatic heterocycles. The van der Waals surface area contributed by atoms with Crippen molar-refractivity contribution in [2.75, 3.05) is 25.0 Å². The predicted octanol–water partition coefficient (Wildman–Crippen LogP) is 1.45. The minimum absolute atomic E-state index is 0.197. The van der Waals surface area contributed by atoms with E-state index in [1.54, 1.807) is 9.58 Å². The van der Waals surface area contributed by atoms with Crippen LogP contribution in [0.15, 0.2) is 12.4 Å². The minimum Gasteiger partial charge on any atom is -0.450 e. The lowest BCUT2D eigenvalue weighted by Crippen LogP contribution is -2.42. The second-order valence-electron chi connectivity index (χ2n) is 4.51. The molecule has 2 rings (SSSR count). The number of aryl methyl sites for hydroxylation is 1. The molecule has 0 bridgehead atoms. The number of anilines is 1. The van der Waals surface area contributed by atoms with Crippen molar-refractivity contribution in [2.24, 2.45) is 7.05 Å². The Kier molecular flexibility index (Phi) is 4.07. The molecule has 6 nitrogen and oxygen atoms in total. The van der Waals surface area contributed by atoms with E-state index in [-0.39, 0.29) is 6.09 Å². The van der Waals surface area contributed by atoms with Gasteiger partial charge < -0.3 is 15.0 Å². The van der Waals surface area contributed by atoms with Gasteiger partial charge in [-0.15, -0.1) is 0 Å². The van der Waals surface area contributed by atoms with Crippen molar-refractivity contribution >= 4 is 11.8 Å². The first-order valence-electron chi connectivity index (χ1n) is 6.36. The molecule has 2 heterocycles. The van der Waals surface area contributed by atoms with E-state index >= 15 is 0 Å². The molecule has 0 aromatic carbocycles. The van der Waals surface area contributed by atoms with E-state index in [2.05, 4.69) is 10.4 Å². The largest absolute Gasteiger partial charge is 0.450 e. The molecule has 1 amide bonds. The highest BCUT2D eigenvalue weighted by atomic mass is 16.6. The Balaban J connectivity index is 1.78. The molecule has 0 saturated carbocycles. The fourth-order valence-corrected chi connectivity index (χ4v) is 2.15. The zero-order valence-corrected chi connectivity index (χ0v) is 10.9. The molecule has 0 radical (unpaired) electrons. The highest BCUT2D eigenvalue weighted by Gasteiger charge is 2.23. The number of amides is 1. The lowest BCUT2D eigenvalue weighted by atomic mass is 10.1. The molecule has 1 aromatic heterocycles. The van der Waals surface area contributed by atoms with Gasteiger partial charge in [-0.25, -0.2) is 4.79 Å². The van der Waals surface area contributed by atoms with Crippen LogP contribution in [0.4, 0.5) is 10.5 Å². The van der Waals surface area contributed by atoms with E-state index in [4.69, 9.17) is 4.74 Å². The first-order chi connectivity index (χ1) is 8.69. The monoisotopic (exact) mass is 252 g/mol. The van der Waals surface area contributed by atoms with E-state index < -0.39 is 0 Å². The Morgan fingerprint density at radius 1 is 1.56 bits per heavy atom. The number of nitrogens with zero attached hydrogens (tertiary/aromatic N) is 3. The van der Waals surface area contributed by atoms with Crippen molar-refractivity contribution < 1.29 is 9.53 Å². The second-order valence-corrected chi connectivity index (χ2v) is 4.51. The number of aromatic nitrogens is 2. The fourth-order valence-electron chi connectivity index (χ4n) is 2.15. The molecule has 0 aliphatic carbocycles. The Hall–Kier alpha value is -1.72. The van der Waals surface area contributed by atoms with Crippen molar-refractivity contribution in [3.63, 3.8) is 0 Å². The van der Waals surface area contributed by atoms with Gasteiger partial charge in [-0.05, 0) is 19.8 Å². The maximum absolute atomic E-state index is 11.5. The first-order valence-corrected chi connectivity index (χ1v) is 6.36. The standard InChI is InChI=1S/C12H20N4O2/c1-3-18-12(17)16-6-4-10(5-7-16)14-11-8-13-15(2)9-11/h8-10,14H,3-7H2,1-2H3. The fraction of sp³-hybridized carbons (Fsp3) is 0.667. The van der Waals surface area contributed by atoms with Gasteiger partial charge in [0.2, 0.25) is 0 Å². The summed E-state index contributed by atoms with van der Waals surface area (Å²) in [6.45, 7) is 3.76. The van der Waals surface area contributed by atoms with E-state index in [9.17, 15) is 4.79 Å². The number of carbonyl (C=O) groups is 1. The third-order valence-corrected chi connectivity index (χ3v) is 3.10. The van der Waals surface area contributed by atoms with E-state index in [0.29, 0.717) is 12.6 Å².